The Balaban J connectivity index is 1.06. The lowest BCUT2D eigenvalue weighted by Gasteiger charge is -2.12. The summed E-state index contributed by atoms with van der Waals surface area (Å²) in [7, 11) is -3.75. The Morgan fingerprint density at radius 2 is 1.37 bits per heavy atom. The molecule has 0 spiro atoms. The van der Waals surface area contributed by atoms with Gasteiger partial charge in [0.25, 0.3) is 0 Å². The first kappa shape index (κ1) is 32.6. The fourth-order valence-corrected chi connectivity index (χ4v) is 4.68. The van der Waals surface area contributed by atoms with E-state index in [0.29, 0.717) is 62.7 Å². The van der Waals surface area contributed by atoms with Gasteiger partial charge in [0.15, 0.2) is 5.11 Å². The molecule has 12 nitrogen and oxygen atoms in total. The number of anilines is 2. The number of ether oxygens (including phenoxy) is 4. The highest BCUT2D eigenvalue weighted by Crippen LogP contribution is 2.17. The van der Waals surface area contributed by atoms with Crippen LogP contribution in [-0.2, 0) is 32.6 Å². The zero-order valence-electron chi connectivity index (χ0n) is 23.0. The maximum Gasteiger partial charge on any atom is 0.238 e. The number of hydrogen-bond donors (Lipinski definition) is 3. The van der Waals surface area contributed by atoms with Crippen LogP contribution >= 0.6 is 34.8 Å². The van der Waals surface area contributed by atoms with E-state index >= 15 is 0 Å². The van der Waals surface area contributed by atoms with E-state index in [4.69, 9.17) is 36.3 Å². The molecule has 0 aliphatic rings. The number of primary sulfonamides is 1. The number of hydrogen-bond acceptors (Lipinski definition) is 9. The van der Waals surface area contributed by atoms with Crippen molar-refractivity contribution in [3.8, 4) is 11.5 Å². The smallest absolute Gasteiger partial charge is 0.238 e. The number of halogens is 1. The SMILES string of the molecule is NS(=O)(=O)c1ccc(NC(=S)Nc2ccc(OCCn3cc(COCCOCCOc4ccc(I)cc4)nn3)cc2)cc1. The second-order valence-electron chi connectivity index (χ2n) is 8.96. The van der Waals surface area contributed by atoms with Gasteiger partial charge in [-0.05, 0) is 108 Å². The predicted molar refractivity (Wildman–Crippen MR) is 175 cm³/mol. The second kappa shape index (κ2) is 16.5. The van der Waals surface area contributed by atoms with E-state index in [0.717, 1.165) is 20.7 Å². The van der Waals surface area contributed by atoms with E-state index in [1.54, 1.807) is 16.8 Å². The predicted octanol–water partition coefficient (Wildman–Crippen LogP) is 4.03. The van der Waals surface area contributed by atoms with Crippen molar-refractivity contribution < 1.29 is 27.4 Å². The van der Waals surface area contributed by atoms with Crippen molar-refractivity contribution in [2.75, 3.05) is 43.7 Å². The number of nitrogens with two attached hydrogens (primary N) is 1. The molecule has 0 fully saturated rings. The monoisotopic (exact) mass is 738 g/mol. The van der Waals surface area contributed by atoms with Crippen LogP contribution < -0.4 is 25.2 Å². The highest BCUT2D eigenvalue weighted by molar-refractivity contribution is 14.1. The molecular formula is C28H31IN6O6S2. The summed E-state index contributed by atoms with van der Waals surface area (Å²) in [5.41, 5.74) is 2.10. The van der Waals surface area contributed by atoms with Crippen molar-refractivity contribution >= 4 is 61.3 Å². The number of benzene rings is 3. The summed E-state index contributed by atoms with van der Waals surface area (Å²) in [6.45, 7) is 3.14. The molecule has 1 heterocycles. The fraction of sp³-hybridized carbons (Fsp3) is 0.250. The molecule has 4 rings (SSSR count). The average molecular weight is 739 g/mol. The van der Waals surface area contributed by atoms with Crippen molar-refractivity contribution in [1.29, 1.82) is 0 Å². The summed E-state index contributed by atoms with van der Waals surface area (Å²) >= 11 is 7.58. The minimum atomic E-state index is -3.75. The number of thiocarbonyl (C=S) groups is 1. The van der Waals surface area contributed by atoms with Gasteiger partial charge in [0, 0.05) is 14.9 Å². The number of sulfonamides is 1. The van der Waals surface area contributed by atoms with Gasteiger partial charge in [-0.2, -0.15) is 0 Å². The van der Waals surface area contributed by atoms with Gasteiger partial charge < -0.3 is 29.6 Å². The normalized spacial score (nSPS) is 11.2. The molecule has 0 bridgehead atoms. The molecule has 0 saturated heterocycles. The largest absolute Gasteiger partial charge is 0.492 e. The highest BCUT2D eigenvalue weighted by atomic mass is 127. The number of nitrogens with one attached hydrogen (secondary N) is 2. The minimum Gasteiger partial charge on any atom is -0.492 e. The Labute approximate surface area is 269 Å². The molecule has 4 aromatic rings. The summed E-state index contributed by atoms with van der Waals surface area (Å²) in [4.78, 5) is 0.0273. The van der Waals surface area contributed by atoms with Gasteiger partial charge in [0.2, 0.25) is 10.0 Å². The Hall–Kier alpha value is -3.35. The second-order valence-corrected chi connectivity index (χ2v) is 12.2. The van der Waals surface area contributed by atoms with Crippen molar-refractivity contribution in [2.24, 2.45) is 5.14 Å². The van der Waals surface area contributed by atoms with Crippen LogP contribution in [0.1, 0.15) is 5.69 Å². The average Bonchev–Trinajstić information content (AvgIpc) is 3.43. The van der Waals surface area contributed by atoms with Crippen molar-refractivity contribution in [1.82, 2.24) is 15.0 Å². The first-order valence-corrected chi connectivity index (χ1v) is 16.1. The standard InChI is InChI=1S/C28H31IN6O6S2/c29-21-1-7-25(8-2-21)41-18-17-38-15-16-39-20-24-19-35(34-33-24)13-14-40-26-9-3-22(4-10-26)31-28(42)32-23-5-11-27(12-6-23)43(30,36)37/h1-12,19H,13-18,20H2,(H2,30,36,37)(H2,31,32,42). The molecule has 4 N–H and O–H groups in total. The zero-order valence-corrected chi connectivity index (χ0v) is 26.8. The molecule has 3 aromatic carbocycles. The Morgan fingerprint density at radius 3 is 2.02 bits per heavy atom. The van der Waals surface area contributed by atoms with Crippen molar-refractivity contribution in [2.45, 2.75) is 18.0 Å². The van der Waals surface area contributed by atoms with E-state index in [2.05, 4.69) is 43.5 Å². The van der Waals surface area contributed by atoms with Crippen LogP contribution in [0.5, 0.6) is 11.5 Å². The molecule has 0 radical (unpaired) electrons. The van der Waals surface area contributed by atoms with E-state index < -0.39 is 10.0 Å². The van der Waals surface area contributed by atoms with Gasteiger partial charge in [-0.3, -0.25) is 0 Å². The van der Waals surface area contributed by atoms with Crippen LogP contribution in [0.2, 0.25) is 0 Å². The molecule has 0 aliphatic heterocycles. The van der Waals surface area contributed by atoms with Gasteiger partial charge in [-0.25, -0.2) is 18.2 Å². The van der Waals surface area contributed by atoms with E-state index in [1.807, 2.05) is 54.7 Å². The Bertz CT molecular complexity index is 1550. The van der Waals surface area contributed by atoms with Crippen molar-refractivity contribution in [3.63, 3.8) is 0 Å². The first-order valence-electron chi connectivity index (χ1n) is 13.1. The third kappa shape index (κ3) is 11.7. The molecule has 1 aromatic heterocycles. The number of nitrogens with zero attached hydrogens (tertiary/aromatic N) is 3. The minimum absolute atomic E-state index is 0.0273. The maximum atomic E-state index is 11.4. The third-order valence-corrected chi connectivity index (χ3v) is 7.51. The summed E-state index contributed by atoms with van der Waals surface area (Å²) in [5.74, 6) is 1.52. The Kier molecular flexibility index (Phi) is 12.5. The molecule has 15 heteroatoms. The summed E-state index contributed by atoms with van der Waals surface area (Å²) in [5, 5.41) is 19.7. The third-order valence-electron chi connectivity index (χ3n) is 5.66. The van der Waals surface area contributed by atoms with Gasteiger partial charge in [0.05, 0.1) is 44.1 Å². The fourth-order valence-electron chi connectivity index (χ4n) is 3.57. The van der Waals surface area contributed by atoms with E-state index in [9.17, 15) is 8.42 Å². The van der Waals surface area contributed by atoms with Gasteiger partial charge in [0.1, 0.15) is 30.4 Å². The van der Waals surface area contributed by atoms with Gasteiger partial charge >= 0.3 is 0 Å². The molecule has 0 atom stereocenters. The topological polar surface area (TPSA) is 152 Å². The lowest BCUT2D eigenvalue weighted by atomic mass is 10.3. The maximum absolute atomic E-state index is 11.4. The summed E-state index contributed by atoms with van der Waals surface area (Å²) < 4.78 is 48.2. The number of rotatable bonds is 16. The van der Waals surface area contributed by atoms with E-state index in [1.165, 1.54) is 12.1 Å². The molecular weight excluding hydrogens is 707 g/mol. The lowest BCUT2D eigenvalue weighted by Crippen LogP contribution is -2.19. The Morgan fingerprint density at radius 1 is 0.814 bits per heavy atom. The van der Waals surface area contributed by atoms with Crippen LogP contribution in [0.3, 0.4) is 0 Å². The van der Waals surface area contributed by atoms with Crippen molar-refractivity contribution in [3.05, 3.63) is 88.3 Å². The number of aromatic nitrogens is 3. The summed E-state index contributed by atoms with van der Waals surface area (Å²) in [6.07, 6.45) is 1.82. The van der Waals surface area contributed by atoms with E-state index in [-0.39, 0.29) is 4.90 Å². The van der Waals surface area contributed by atoms with Gasteiger partial charge in [-0.1, -0.05) is 5.21 Å². The van der Waals surface area contributed by atoms with Gasteiger partial charge in [-0.15, -0.1) is 5.10 Å². The van der Waals surface area contributed by atoms with Crippen LogP contribution in [-0.4, -0.2) is 61.6 Å². The molecule has 43 heavy (non-hydrogen) atoms. The zero-order chi connectivity index (χ0) is 30.5. The molecule has 0 amide bonds. The van der Waals surface area contributed by atoms with Crippen LogP contribution in [0, 0.1) is 3.57 Å². The first-order chi connectivity index (χ1) is 20.7. The molecule has 0 unspecified atom stereocenters. The quantitative estimate of drug-likeness (QED) is 0.0869. The van der Waals surface area contributed by atoms with Crippen LogP contribution in [0.4, 0.5) is 11.4 Å². The van der Waals surface area contributed by atoms with Crippen LogP contribution in [0.15, 0.2) is 83.9 Å². The molecule has 0 saturated carbocycles. The lowest BCUT2D eigenvalue weighted by molar-refractivity contribution is 0.0294. The molecule has 0 aliphatic carbocycles. The summed E-state index contributed by atoms with van der Waals surface area (Å²) in [6, 6.07) is 21.1. The van der Waals surface area contributed by atoms with Crippen LogP contribution in [0.25, 0.3) is 0 Å². The highest BCUT2D eigenvalue weighted by Gasteiger charge is 2.08. The molecule has 228 valence electrons.